The van der Waals surface area contributed by atoms with Gasteiger partial charge in [0.2, 0.25) is 0 Å². The number of hydrogen-bond acceptors (Lipinski definition) is 1. The zero-order valence-corrected chi connectivity index (χ0v) is 12.0. The Morgan fingerprint density at radius 3 is 2.53 bits per heavy atom. The van der Waals surface area contributed by atoms with E-state index in [1.165, 1.54) is 6.07 Å². The van der Waals surface area contributed by atoms with Crippen molar-refractivity contribution in [2.75, 3.05) is 7.05 Å². The van der Waals surface area contributed by atoms with Crippen molar-refractivity contribution < 1.29 is 4.39 Å². The highest BCUT2D eigenvalue weighted by atomic mass is 35.5. The minimum absolute atomic E-state index is 0.188. The molecule has 0 fully saturated rings. The molecule has 0 spiro atoms. The molecule has 0 saturated heterocycles. The van der Waals surface area contributed by atoms with E-state index in [1.54, 1.807) is 19.2 Å². The fraction of sp³-hybridized carbons (Fsp3) is 0.200. The first kappa shape index (κ1) is 14.3. The summed E-state index contributed by atoms with van der Waals surface area (Å²) in [4.78, 5) is 0. The Morgan fingerprint density at radius 2 is 1.89 bits per heavy atom. The van der Waals surface area contributed by atoms with Crippen LogP contribution in [0.25, 0.3) is 0 Å². The number of likely N-dealkylation sites (N-methyl/N-ethyl adjacent to an activating group) is 1. The number of nitrogens with one attached hydrogen (secondary N) is 1. The van der Waals surface area contributed by atoms with Gasteiger partial charge in [-0.2, -0.15) is 0 Å². The Balaban J connectivity index is 2.30. The van der Waals surface area contributed by atoms with Gasteiger partial charge >= 0.3 is 0 Å². The highest BCUT2D eigenvalue weighted by molar-refractivity contribution is 6.31. The topological polar surface area (TPSA) is 12.0 Å². The van der Waals surface area contributed by atoms with E-state index in [9.17, 15) is 4.39 Å². The van der Waals surface area contributed by atoms with E-state index >= 15 is 0 Å². The summed E-state index contributed by atoms with van der Waals surface area (Å²) < 4.78 is 13.9. The van der Waals surface area contributed by atoms with Crippen LogP contribution in [0, 0.1) is 5.82 Å². The monoisotopic (exact) mass is 297 g/mol. The van der Waals surface area contributed by atoms with Crippen molar-refractivity contribution >= 4 is 23.2 Å². The summed E-state index contributed by atoms with van der Waals surface area (Å²) in [6, 6.07) is 12.1. The summed E-state index contributed by atoms with van der Waals surface area (Å²) in [6.07, 6.45) is 0.623. The highest BCUT2D eigenvalue weighted by Gasteiger charge is 2.17. The van der Waals surface area contributed by atoms with Crippen LogP contribution in [-0.4, -0.2) is 7.05 Å². The van der Waals surface area contributed by atoms with E-state index in [-0.39, 0.29) is 11.9 Å². The maximum absolute atomic E-state index is 13.9. The Bertz CT molecular complexity index is 552. The second kappa shape index (κ2) is 6.38. The molecule has 1 unspecified atom stereocenters. The molecule has 0 aliphatic carbocycles. The molecule has 0 bridgehead atoms. The lowest BCUT2D eigenvalue weighted by atomic mass is 9.98. The van der Waals surface area contributed by atoms with Gasteiger partial charge in [-0.15, -0.1) is 0 Å². The van der Waals surface area contributed by atoms with E-state index < -0.39 is 0 Å². The second-order valence-corrected chi connectivity index (χ2v) is 5.15. The average molecular weight is 298 g/mol. The molecule has 2 aromatic rings. The SMILES string of the molecule is CNC(Cc1cccc(Cl)c1)c1c(F)cccc1Cl. The van der Waals surface area contributed by atoms with Crippen LogP contribution >= 0.6 is 23.2 Å². The van der Waals surface area contributed by atoms with Crippen molar-refractivity contribution in [3.8, 4) is 0 Å². The Kier molecular flexibility index (Phi) is 4.81. The molecular weight excluding hydrogens is 284 g/mol. The van der Waals surface area contributed by atoms with E-state index in [1.807, 2.05) is 24.3 Å². The van der Waals surface area contributed by atoms with Gasteiger partial charge in [0.15, 0.2) is 0 Å². The van der Waals surface area contributed by atoms with Crippen molar-refractivity contribution in [1.82, 2.24) is 5.32 Å². The minimum Gasteiger partial charge on any atom is -0.313 e. The molecule has 1 N–H and O–H groups in total. The van der Waals surface area contributed by atoms with E-state index in [4.69, 9.17) is 23.2 Å². The summed E-state index contributed by atoms with van der Waals surface area (Å²) in [5, 5.41) is 4.21. The smallest absolute Gasteiger partial charge is 0.129 e. The molecule has 0 heterocycles. The molecule has 100 valence electrons. The molecule has 19 heavy (non-hydrogen) atoms. The van der Waals surface area contributed by atoms with Gasteiger partial charge in [0.25, 0.3) is 0 Å². The maximum atomic E-state index is 13.9. The zero-order valence-electron chi connectivity index (χ0n) is 10.5. The van der Waals surface area contributed by atoms with E-state index in [2.05, 4.69) is 5.32 Å². The number of benzene rings is 2. The lowest BCUT2D eigenvalue weighted by molar-refractivity contribution is 0.534. The van der Waals surface area contributed by atoms with Gasteiger partial charge in [-0.05, 0) is 43.3 Å². The first-order valence-electron chi connectivity index (χ1n) is 5.97. The third-order valence-corrected chi connectivity index (χ3v) is 3.59. The standard InChI is InChI=1S/C15H14Cl2FN/c1-19-14(9-10-4-2-5-11(16)8-10)15-12(17)6-3-7-13(15)18/h2-8,14,19H,9H2,1H3. The Hall–Kier alpha value is -1.09. The van der Waals surface area contributed by atoms with E-state index in [0.717, 1.165) is 5.56 Å². The molecule has 0 aromatic heterocycles. The van der Waals surface area contributed by atoms with E-state index in [0.29, 0.717) is 22.0 Å². The van der Waals surface area contributed by atoms with Crippen molar-refractivity contribution in [1.29, 1.82) is 0 Å². The first-order valence-corrected chi connectivity index (χ1v) is 6.73. The third-order valence-electron chi connectivity index (χ3n) is 3.03. The quantitative estimate of drug-likeness (QED) is 0.867. The second-order valence-electron chi connectivity index (χ2n) is 4.31. The predicted octanol–water partition coefficient (Wildman–Crippen LogP) is 4.64. The summed E-state index contributed by atoms with van der Waals surface area (Å²) >= 11 is 12.1. The van der Waals surface area contributed by atoms with Gasteiger partial charge in [-0.25, -0.2) is 4.39 Å². The largest absolute Gasteiger partial charge is 0.313 e. The lowest BCUT2D eigenvalue weighted by Crippen LogP contribution is -2.20. The third kappa shape index (κ3) is 3.47. The maximum Gasteiger partial charge on any atom is 0.129 e. The molecule has 0 radical (unpaired) electrons. The Labute approximate surface area is 122 Å². The van der Waals surface area contributed by atoms with Gasteiger partial charge in [-0.3, -0.25) is 0 Å². The lowest BCUT2D eigenvalue weighted by Gasteiger charge is -2.19. The summed E-state index contributed by atoms with van der Waals surface area (Å²) in [5.74, 6) is -0.297. The molecule has 0 aliphatic heterocycles. The van der Waals surface area contributed by atoms with Gasteiger partial charge in [0, 0.05) is 21.7 Å². The van der Waals surface area contributed by atoms with Crippen LogP contribution in [0.5, 0.6) is 0 Å². The van der Waals surface area contributed by atoms with Crippen molar-refractivity contribution in [2.45, 2.75) is 12.5 Å². The molecule has 2 rings (SSSR count). The van der Waals surface area contributed by atoms with Gasteiger partial charge < -0.3 is 5.32 Å². The molecule has 1 atom stereocenters. The molecule has 0 amide bonds. The predicted molar refractivity (Wildman–Crippen MR) is 78.4 cm³/mol. The van der Waals surface area contributed by atoms with Crippen LogP contribution in [0.4, 0.5) is 4.39 Å². The minimum atomic E-state index is -0.297. The van der Waals surface area contributed by atoms with Crippen LogP contribution in [0.2, 0.25) is 10.0 Å². The van der Waals surface area contributed by atoms with Gasteiger partial charge in [-0.1, -0.05) is 41.4 Å². The van der Waals surface area contributed by atoms with Gasteiger partial charge in [0.05, 0.1) is 0 Å². The molecule has 0 saturated carbocycles. The first-order chi connectivity index (χ1) is 9.11. The zero-order chi connectivity index (χ0) is 13.8. The van der Waals surface area contributed by atoms with Crippen molar-refractivity contribution in [3.05, 3.63) is 69.5 Å². The van der Waals surface area contributed by atoms with Gasteiger partial charge in [0.1, 0.15) is 5.82 Å². The normalized spacial score (nSPS) is 12.4. The fourth-order valence-corrected chi connectivity index (χ4v) is 2.60. The molecule has 2 aromatic carbocycles. The summed E-state index contributed by atoms with van der Waals surface area (Å²) in [5.41, 5.74) is 1.53. The summed E-state index contributed by atoms with van der Waals surface area (Å²) in [6.45, 7) is 0. The number of rotatable bonds is 4. The fourth-order valence-electron chi connectivity index (χ4n) is 2.09. The van der Waals surface area contributed by atoms with Crippen LogP contribution in [0.15, 0.2) is 42.5 Å². The van der Waals surface area contributed by atoms with Crippen LogP contribution in [-0.2, 0) is 6.42 Å². The average Bonchev–Trinajstić information content (AvgIpc) is 2.37. The summed E-state index contributed by atoms with van der Waals surface area (Å²) in [7, 11) is 1.79. The number of halogens is 3. The van der Waals surface area contributed by atoms with Crippen LogP contribution in [0.3, 0.4) is 0 Å². The van der Waals surface area contributed by atoms with Crippen LogP contribution in [0.1, 0.15) is 17.2 Å². The molecule has 1 nitrogen and oxygen atoms in total. The van der Waals surface area contributed by atoms with Crippen LogP contribution < -0.4 is 5.32 Å². The van der Waals surface area contributed by atoms with Crippen molar-refractivity contribution in [2.24, 2.45) is 0 Å². The Morgan fingerprint density at radius 1 is 1.16 bits per heavy atom. The van der Waals surface area contributed by atoms with Crippen molar-refractivity contribution in [3.63, 3.8) is 0 Å². The molecule has 4 heteroatoms. The highest BCUT2D eigenvalue weighted by Crippen LogP contribution is 2.28. The number of hydrogen-bond donors (Lipinski definition) is 1. The molecule has 0 aliphatic rings. The molecular formula is C15H14Cl2FN.